The largest absolute Gasteiger partial charge is 0.305 e. The molecule has 0 spiro atoms. The van der Waals surface area contributed by atoms with Crippen molar-refractivity contribution >= 4 is 5.71 Å². The first-order valence-corrected chi connectivity index (χ1v) is 4.23. The van der Waals surface area contributed by atoms with E-state index < -0.39 is 0 Å². The molecule has 0 saturated heterocycles. The Morgan fingerprint density at radius 2 is 1.73 bits per heavy atom. The standard InChI is InChI=1S/C10H19N/c1-6-8(4)10(7(2)3)9(5)11/h8,11H,6H2,1-5H3. The maximum atomic E-state index is 7.56. The molecule has 0 aliphatic carbocycles. The van der Waals surface area contributed by atoms with Crippen molar-refractivity contribution in [3.8, 4) is 0 Å². The van der Waals surface area contributed by atoms with Gasteiger partial charge in [-0.3, -0.25) is 0 Å². The first-order chi connectivity index (χ1) is 5.00. The monoisotopic (exact) mass is 153 g/mol. The zero-order valence-corrected chi connectivity index (χ0v) is 8.28. The van der Waals surface area contributed by atoms with Crippen LogP contribution in [-0.4, -0.2) is 5.71 Å². The second-order valence-corrected chi connectivity index (χ2v) is 3.35. The predicted molar refractivity (Wildman–Crippen MR) is 51.2 cm³/mol. The van der Waals surface area contributed by atoms with Gasteiger partial charge in [-0.15, -0.1) is 0 Å². The van der Waals surface area contributed by atoms with Gasteiger partial charge in [0.1, 0.15) is 0 Å². The number of rotatable bonds is 3. The number of hydrogen-bond acceptors (Lipinski definition) is 1. The molecule has 0 aromatic rings. The molecule has 11 heavy (non-hydrogen) atoms. The van der Waals surface area contributed by atoms with Crippen molar-refractivity contribution in [3.05, 3.63) is 11.1 Å². The zero-order chi connectivity index (χ0) is 9.02. The molecule has 1 unspecified atom stereocenters. The summed E-state index contributed by atoms with van der Waals surface area (Å²) >= 11 is 0. The number of hydrogen-bond donors (Lipinski definition) is 1. The molecular weight excluding hydrogens is 134 g/mol. The van der Waals surface area contributed by atoms with Gasteiger partial charge >= 0.3 is 0 Å². The Labute approximate surface area is 70.0 Å². The molecule has 0 saturated carbocycles. The van der Waals surface area contributed by atoms with Crippen LogP contribution in [0.2, 0.25) is 0 Å². The molecule has 0 amide bonds. The SMILES string of the molecule is CCC(C)C(C(C)=N)=C(C)C. The lowest BCUT2D eigenvalue weighted by molar-refractivity contribution is 0.670. The summed E-state index contributed by atoms with van der Waals surface area (Å²) in [5.41, 5.74) is 3.23. The van der Waals surface area contributed by atoms with Crippen LogP contribution in [0.1, 0.15) is 41.0 Å². The summed E-state index contributed by atoms with van der Waals surface area (Å²) < 4.78 is 0. The van der Waals surface area contributed by atoms with E-state index in [4.69, 9.17) is 5.41 Å². The Morgan fingerprint density at radius 3 is 1.82 bits per heavy atom. The number of nitrogens with one attached hydrogen (secondary N) is 1. The summed E-state index contributed by atoms with van der Waals surface area (Å²) in [6, 6.07) is 0. The Balaban J connectivity index is 4.63. The second kappa shape index (κ2) is 4.32. The number of allylic oxidation sites excluding steroid dienone is 2. The Morgan fingerprint density at radius 1 is 1.27 bits per heavy atom. The fraction of sp³-hybridized carbons (Fsp3) is 0.700. The van der Waals surface area contributed by atoms with Gasteiger partial charge in [0.25, 0.3) is 0 Å². The first kappa shape index (κ1) is 10.4. The van der Waals surface area contributed by atoms with Gasteiger partial charge in [-0.05, 0) is 38.7 Å². The summed E-state index contributed by atoms with van der Waals surface area (Å²) in [5, 5.41) is 7.56. The van der Waals surface area contributed by atoms with Crippen LogP contribution in [0.15, 0.2) is 11.1 Å². The third-order valence-electron chi connectivity index (χ3n) is 2.05. The van der Waals surface area contributed by atoms with Crippen LogP contribution in [-0.2, 0) is 0 Å². The fourth-order valence-corrected chi connectivity index (χ4v) is 1.44. The molecule has 0 aromatic heterocycles. The second-order valence-electron chi connectivity index (χ2n) is 3.35. The summed E-state index contributed by atoms with van der Waals surface area (Å²) in [7, 11) is 0. The summed E-state index contributed by atoms with van der Waals surface area (Å²) in [4.78, 5) is 0. The van der Waals surface area contributed by atoms with Crippen molar-refractivity contribution in [1.29, 1.82) is 5.41 Å². The van der Waals surface area contributed by atoms with Gasteiger partial charge in [-0.25, -0.2) is 0 Å². The molecule has 0 aromatic carbocycles. The van der Waals surface area contributed by atoms with E-state index in [1.165, 1.54) is 11.1 Å². The molecule has 0 rings (SSSR count). The predicted octanol–water partition coefficient (Wildman–Crippen LogP) is 3.41. The lowest BCUT2D eigenvalue weighted by Gasteiger charge is -2.14. The maximum Gasteiger partial charge on any atom is 0.0316 e. The van der Waals surface area contributed by atoms with Gasteiger partial charge < -0.3 is 5.41 Å². The molecule has 0 bridgehead atoms. The molecule has 0 radical (unpaired) electrons. The molecular formula is C10H19N. The van der Waals surface area contributed by atoms with Gasteiger partial charge in [0.05, 0.1) is 0 Å². The highest BCUT2D eigenvalue weighted by atomic mass is 14.4. The first-order valence-electron chi connectivity index (χ1n) is 4.23. The van der Waals surface area contributed by atoms with Gasteiger partial charge in [0.15, 0.2) is 0 Å². The van der Waals surface area contributed by atoms with Gasteiger partial charge in [-0.1, -0.05) is 19.4 Å². The van der Waals surface area contributed by atoms with E-state index in [0.29, 0.717) is 5.92 Å². The normalized spacial score (nSPS) is 12.5. The Bertz CT molecular complexity index is 173. The van der Waals surface area contributed by atoms with Crippen molar-refractivity contribution in [2.75, 3.05) is 0 Å². The molecule has 0 aliphatic rings. The smallest absolute Gasteiger partial charge is 0.0316 e. The molecule has 0 heterocycles. The topological polar surface area (TPSA) is 23.9 Å². The fourth-order valence-electron chi connectivity index (χ4n) is 1.44. The Kier molecular flexibility index (Phi) is 4.09. The van der Waals surface area contributed by atoms with E-state index >= 15 is 0 Å². The average molecular weight is 153 g/mol. The molecule has 1 nitrogen and oxygen atoms in total. The quantitative estimate of drug-likeness (QED) is 0.601. The highest BCUT2D eigenvalue weighted by Crippen LogP contribution is 2.18. The van der Waals surface area contributed by atoms with E-state index in [-0.39, 0.29) is 0 Å². The van der Waals surface area contributed by atoms with Crippen LogP contribution in [0.25, 0.3) is 0 Å². The van der Waals surface area contributed by atoms with Crippen molar-refractivity contribution in [2.24, 2.45) is 5.92 Å². The van der Waals surface area contributed by atoms with E-state index in [2.05, 4.69) is 27.7 Å². The third kappa shape index (κ3) is 2.87. The van der Waals surface area contributed by atoms with Crippen LogP contribution in [0.5, 0.6) is 0 Å². The maximum absolute atomic E-state index is 7.56. The molecule has 0 aliphatic heterocycles. The lowest BCUT2D eigenvalue weighted by atomic mass is 9.91. The average Bonchev–Trinajstić information content (AvgIpc) is 1.85. The van der Waals surface area contributed by atoms with Gasteiger partial charge in [0.2, 0.25) is 0 Å². The minimum Gasteiger partial charge on any atom is -0.305 e. The lowest BCUT2D eigenvalue weighted by Crippen LogP contribution is -2.07. The van der Waals surface area contributed by atoms with Crippen LogP contribution < -0.4 is 0 Å². The molecule has 0 fully saturated rings. The highest BCUT2D eigenvalue weighted by Gasteiger charge is 2.09. The van der Waals surface area contributed by atoms with Crippen molar-refractivity contribution in [1.82, 2.24) is 0 Å². The Hall–Kier alpha value is -0.590. The summed E-state index contributed by atoms with van der Waals surface area (Å²) in [5.74, 6) is 0.539. The van der Waals surface area contributed by atoms with Gasteiger partial charge in [0, 0.05) is 5.71 Å². The molecule has 1 atom stereocenters. The zero-order valence-electron chi connectivity index (χ0n) is 8.28. The van der Waals surface area contributed by atoms with Crippen LogP contribution in [0.3, 0.4) is 0 Å². The van der Waals surface area contributed by atoms with E-state index in [1.807, 2.05) is 6.92 Å². The van der Waals surface area contributed by atoms with Crippen LogP contribution >= 0.6 is 0 Å². The van der Waals surface area contributed by atoms with Crippen molar-refractivity contribution < 1.29 is 0 Å². The van der Waals surface area contributed by atoms with Crippen molar-refractivity contribution in [2.45, 2.75) is 41.0 Å². The summed E-state index contributed by atoms with van der Waals surface area (Å²) in [6.07, 6.45) is 1.12. The van der Waals surface area contributed by atoms with Crippen LogP contribution in [0, 0.1) is 11.3 Å². The van der Waals surface area contributed by atoms with E-state index in [1.54, 1.807) is 0 Å². The molecule has 1 N–H and O–H groups in total. The van der Waals surface area contributed by atoms with E-state index in [0.717, 1.165) is 12.1 Å². The molecule has 64 valence electrons. The van der Waals surface area contributed by atoms with Crippen LogP contribution in [0.4, 0.5) is 0 Å². The minimum atomic E-state index is 0.539. The van der Waals surface area contributed by atoms with Gasteiger partial charge in [-0.2, -0.15) is 0 Å². The van der Waals surface area contributed by atoms with E-state index in [9.17, 15) is 0 Å². The van der Waals surface area contributed by atoms with Crippen molar-refractivity contribution in [3.63, 3.8) is 0 Å². The minimum absolute atomic E-state index is 0.539. The molecule has 1 heteroatoms. The highest BCUT2D eigenvalue weighted by molar-refractivity contribution is 5.96. The third-order valence-corrected chi connectivity index (χ3v) is 2.05. The summed E-state index contributed by atoms with van der Waals surface area (Å²) in [6.45, 7) is 10.4.